The first-order valence-electron chi connectivity index (χ1n) is 6.97. The smallest absolute Gasteiger partial charge is 0.345 e. The van der Waals surface area contributed by atoms with Gasteiger partial charge in [0, 0.05) is 31.7 Å². The minimum atomic E-state index is -0.667. The molecule has 0 radical (unpaired) electrons. The highest BCUT2D eigenvalue weighted by Crippen LogP contribution is 2.27. The van der Waals surface area contributed by atoms with E-state index in [0.29, 0.717) is 10.0 Å². The Kier molecular flexibility index (Phi) is 4.92. The summed E-state index contributed by atoms with van der Waals surface area (Å²) < 4.78 is 11.7. The van der Waals surface area contributed by atoms with E-state index in [-0.39, 0.29) is 23.8 Å². The van der Waals surface area contributed by atoms with Gasteiger partial charge in [-0.25, -0.2) is 9.78 Å². The van der Waals surface area contributed by atoms with Crippen LogP contribution in [0.1, 0.15) is 20.7 Å². The van der Waals surface area contributed by atoms with Crippen molar-refractivity contribution in [2.75, 3.05) is 13.7 Å². The van der Waals surface area contributed by atoms with Crippen LogP contribution in [0.3, 0.4) is 0 Å². The standard InChI is InChI=1S/C17H12BrNO4S/c1-22-16-15(12(18)6-7-19-16)17(21)23-8-13(20)11-9-24-14-5-3-2-4-10(11)14/h2-7,9H,8H2,1H3. The summed E-state index contributed by atoms with van der Waals surface area (Å²) in [4.78, 5) is 28.6. The summed E-state index contributed by atoms with van der Waals surface area (Å²) in [6.07, 6.45) is 1.50. The van der Waals surface area contributed by atoms with Crippen molar-refractivity contribution in [1.82, 2.24) is 4.98 Å². The number of pyridine rings is 1. The molecule has 0 fully saturated rings. The fourth-order valence-corrected chi connectivity index (χ4v) is 3.65. The number of methoxy groups -OCH3 is 1. The lowest BCUT2D eigenvalue weighted by atomic mass is 10.1. The Morgan fingerprint density at radius 3 is 2.83 bits per heavy atom. The fourth-order valence-electron chi connectivity index (χ4n) is 2.23. The van der Waals surface area contributed by atoms with E-state index in [1.54, 1.807) is 11.4 Å². The van der Waals surface area contributed by atoms with Crippen molar-refractivity contribution < 1.29 is 19.1 Å². The third-order valence-electron chi connectivity index (χ3n) is 3.38. The number of thiophene rings is 1. The SMILES string of the molecule is COc1nccc(Br)c1C(=O)OCC(=O)c1csc2ccccc12. The molecule has 7 heteroatoms. The number of hydrogen-bond donors (Lipinski definition) is 0. The van der Waals surface area contributed by atoms with E-state index in [1.807, 2.05) is 24.3 Å². The van der Waals surface area contributed by atoms with Crippen molar-refractivity contribution in [3.8, 4) is 5.88 Å². The van der Waals surface area contributed by atoms with E-state index < -0.39 is 5.97 Å². The number of aromatic nitrogens is 1. The summed E-state index contributed by atoms with van der Waals surface area (Å²) in [5, 5.41) is 2.64. The number of rotatable bonds is 5. The lowest BCUT2D eigenvalue weighted by molar-refractivity contribution is 0.0470. The van der Waals surface area contributed by atoms with Crippen molar-refractivity contribution >= 4 is 49.1 Å². The van der Waals surface area contributed by atoms with Crippen LogP contribution in [-0.2, 0) is 4.74 Å². The van der Waals surface area contributed by atoms with Crippen LogP contribution < -0.4 is 4.74 Å². The van der Waals surface area contributed by atoms with Gasteiger partial charge in [0.1, 0.15) is 5.56 Å². The topological polar surface area (TPSA) is 65.5 Å². The summed E-state index contributed by atoms with van der Waals surface area (Å²) >= 11 is 4.75. The summed E-state index contributed by atoms with van der Waals surface area (Å²) in [5.74, 6) is -0.776. The summed E-state index contributed by atoms with van der Waals surface area (Å²) in [6, 6.07) is 9.21. The summed E-state index contributed by atoms with van der Waals surface area (Å²) in [7, 11) is 1.41. The molecule has 0 atom stereocenters. The lowest BCUT2D eigenvalue weighted by Gasteiger charge is -2.09. The zero-order chi connectivity index (χ0) is 17.1. The highest BCUT2D eigenvalue weighted by Gasteiger charge is 2.21. The van der Waals surface area contributed by atoms with Crippen molar-refractivity contribution in [1.29, 1.82) is 0 Å². The zero-order valence-electron chi connectivity index (χ0n) is 12.6. The molecule has 2 heterocycles. The third-order valence-corrected chi connectivity index (χ3v) is 5.00. The van der Waals surface area contributed by atoms with Crippen molar-refractivity contribution in [3.05, 3.63) is 57.5 Å². The monoisotopic (exact) mass is 405 g/mol. The molecule has 122 valence electrons. The first-order chi connectivity index (χ1) is 11.6. The van der Waals surface area contributed by atoms with Crippen molar-refractivity contribution in [3.63, 3.8) is 0 Å². The molecule has 0 amide bonds. The van der Waals surface area contributed by atoms with E-state index in [2.05, 4.69) is 20.9 Å². The molecular formula is C17H12BrNO4S. The number of esters is 1. The molecular weight excluding hydrogens is 394 g/mol. The fraction of sp³-hybridized carbons (Fsp3) is 0.118. The van der Waals surface area contributed by atoms with Gasteiger partial charge in [0.2, 0.25) is 11.7 Å². The second-order valence-electron chi connectivity index (χ2n) is 4.82. The summed E-state index contributed by atoms with van der Waals surface area (Å²) in [6.45, 7) is -0.343. The van der Waals surface area contributed by atoms with Crippen LogP contribution in [0, 0.1) is 0 Å². The Bertz CT molecular complexity index is 922. The third kappa shape index (κ3) is 3.18. The molecule has 0 bridgehead atoms. The van der Waals surface area contributed by atoms with Crippen LogP contribution in [-0.4, -0.2) is 30.5 Å². The number of benzene rings is 1. The first-order valence-corrected chi connectivity index (χ1v) is 8.64. The van der Waals surface area contributed by atoms with Crippen molar-refractivity contribution in [2.24, 2.45) is 0 Å². The summed E-state index contributed by atoms with van der Waals surface area (Å²) in [5.41, 5.74) is 0.712. The first kappa shape index (κ1) is 16.6. The molecule has 1 aromatic carbocycles. The number of fused-ring (bicyclic) bond motifs is 1. The minimum Gasteiger partial charge on any atom is -0.480 e. The maximum absolute atomic E-state index is 12.4. The van der Waals surface area contributed by atoms with Crippen LogP contribution in [0.4, 0.5) is 0 Å². The highest BCUT2D eigenvalue weighted by atomic mass is 79.9. The highest BCUT2D eigenvalue weighted by molar-refractivity contribution is 9.10. The molecule has 0 N–H and O–H groups in total. The average molecular weight is 406 g/mol. The quantitative estimate of drug-likeness (QED) is 0.472. The van der Waals surface area contributed by atoms with E-state index in [0.717, 1.165) is 10.1 Å². The molecule has 0 unspecified atom stereocenters. The van der Waals surface area contributed by atoms with Gasteiger partial charge in [0.25, 0.3) is 0 Å². The van der Waals surface area contributed by atoms with Crippen LogP contribution in [0.25, 0.3) is 10.1 Å². The number of carbonyl (C=O) groups is 2. The van der Waals surface area contributed by atoms with Crippen LogP contribution in [0.5, 0.6) is 5.88 Å². The maximum atomic E-state index is 12.4. The molecule has 0 aliphatic rings. The van der Waals surface area contributed by atoms with Crippen LogP contribution >= 0.6 is 27.3 Å². The van der Waals surface area contributed by atoms with Gasteiger partial charge in [-0.3, -0.25) is 4.79 Å². The number of carbonyl (C=O) groups excluding carboxylic acids is 2. The largest absolute Gasteiger partial charge is 0.480 e. The zero-order valence-corrected chi connectivity index (χ0v) is 15.0. The maximum Gasteiger partial charge on any atom is 0.345 e. The van der Waals surface area contributed by atoms with E-state index in [4.69, 9.17) is 9.47 Å². The molecule has 3 aromatic rings. The normalized spacial score (nSPS) is 10.6. The van der Waals surface area contributed by atoms with Gasteiger partial charge in [0.15, 0.2) is 6.61 Å². The van der Waals surface area contributed by atoms with E-state index >= 15 is 0 Å². The lowest BCUT2D eigenvalue weighted by Crippen LogP contribution is -2.15. The Morgan fingerprint density at radius 2 is 2.04 bits per heavy atom. The molecule has 0 saturated heterocycles. The Morgan fingerprint density at radius 1 is 1.25 bits per heavy atom. The number of nitrogens with zero attached hydrogens (tertiary/aromatic N) is 1. The van der Waals surface area contributed by atoms with Gasteiger partial charge in [-0.1, -0.05) is 18.2 Å². The van der Waals surface area contributed by atoms with Gasteiger partial charge in [-0.2, -0.15) is 0 Å². The minimum absolute atomic E-state index is 0.141. The van der Waals surface area contributed by atoms with Gasteiger partial charge in [0.05, 0.1) is 7.11 Å². The average Bonchev–Trinajstić information content (AvgIpc) is 3.03. The van der Waals surface area contributed by atoms with Crippen LogP contribution in [0.2, 0.25) is 0 Å². The van der Waals surface area contributed by atoms with Gasteiger partial charge >= 0.3 is 5.97 Å². The molecule has 0 aliphatic carbocycles. The Labute approximate surface area is 150 Å². The van der Waals surface area contributed by atoms with E-state index in [9.17, 15) is 9.59 Å². The predicted octanol–water partition coefficient (Wildman–Crippen LogP) is 4.11. The number of Topliss-reactive ketones (excluding diaryl/α,β-unsaturated/α-hetero) is 1. The second-order valence-corrected chi connectivity index (χ2v) is 6.59. The van der Waals surface area contributed by atoms with Crippen molar-refractivity contribution in [2.45, 2.75) is 0 Å². The molecule has 24 heavy (non-hydrogen) atoms. The molecule has 0 aliphatic heterocycles. The Hall–Kier alpha value is -2.25. The molecule has 5 nitrogen and oxygen atoms in total. The molecule has 0 saturated carbocycles. The van der Waals surface area contributed by atoms with Gasteiger partial charge in [-0.05, 0) is 28.1 Å². The van der Waals surface area contributed by atoms with Gasteiger partial charge in [-0.15, -0.1) is 11.3 Å². The number of hydrogen-bond acceptors (Lipinski definition) is 6. The second kappa shape index (κ2) is 7.11. The number of ether oxygens (including phenoxy) is 2. The number of ketones is 1. The predicted molar refractivity (Wildman–Crippen MR) is 94.9 cm³/mol. The molecule has 2 aromatic heterocycles. The van der Waals surface area contributed by atoms with Gasteiger partial charge < -0.3 is 9.47 Å². The van der Waals surface area contributed by atoms with E-state index in [1.165, 1.54) is 24.6 Å². The molecule has 0 spiro atoms. The number of halogens is 1. The molecule has 3 rings (SSSR count). The Balaban J connectivity index is 1.76. The van der Waals surface area contributed by atoms with Crippen LogP contribution in [0.15, 0.2) is 46.4 Å².